The van der Waals surface area contributed by atoms with Crippen molar-refractivity contribution < 1.29 is 9.13 Å². The van der Waals surface area contributed by atoms with E-state index in [2.05, 4.69) is 31.9 Å². The predicted octanol–water partition coefficient (Wildman–Crippen LogP) is 5.66. The van der Waals surface area contributed by atoms with Crippen molar-refractivity contribution in [2.45, 2.75) is 11.2 Å². The number of hydrogen-bond donors (Lipinski definition) is 0. The molecule has 0 aromatic heterocycles. The quantitative estimate of drug-likeness (QED) is 0.570. The molecular formula is C15H10Br2ClFO. The van der Waals surface area contributed by atoms with Crippen LogP contribution in [0.1, 0.15) is 21.5 Å². The second-order valence-corrected chi connectivity index (χ2v) is 6.82. The summed E-state index contributed by atoms with van der Waals surface area (Å²) in [5.41, 5.74) is 3.04. The van der Waals surface area contributed by atoms with Crippen molar-refractivity contribution in [3.05, 3.63) is 62.3 Å². The van der Waals surface area contributed by atoms with E-state index in [0.29, 0.717) is 16.1 Å². The molecule has 0 saturated carbocycles. The highest BCUT2D eigenvalue weighted by atomic mass is 79.9. The molecule has 1 nitrogen and oxygen atoms in total. The first-order valence-corrected chi connectivity index (χ1v) is 8.19. The number of hydrogen-bond acceptors (Lipinski definition) is 1. The van der Waals surface area contributed by atoms with Crippen LogP contribution in [0.15, 0.2) is 34.8 Å². The molecule has 5 heteroatoms. The summed E-state index contributed by atoms with van der Waals surface area (Å²) in [6.45, 7) is 0.676. The van der Waals surface area contributed by atoms with Gasteiger partial charge in [-0.15, -0.1) is 0 Å². The average molecular weight is 421 g/mol. The van der Waals surface area contributed by atoms with Gasteiger partial charge in [0.2, 0.25) is 0 Å². The van der Waals surface area contributed by atoms with Gasteiger partial charge in [0.25, 0.3) is 0 Å². The van der Waals surface area contributed by atoms with Crippen LogP contribution in [0.4, 0.5) is 4.39 Å². The Morgan fingerprint density at radius 2 is 2.05 bits per heavy atom. The molecular weight excluding hydrogens is 410 g/mol. The maximum absolute atomic E-state index is 13.3. The van der Waals surface area contributed by atoms with Crippen LogP contribution in [0.5, 0.6) is 5.75 Å². The van der Waals surface area contributed by atoms with Crippen LogP contribution < -0.4 is 4.74 Å². The highest BCUT2D eigenvalue weighted by molar-refractivity contribution is 9.10. The van der Waals surface area contributed by atoms with E-state index in [-0.39, 0.29) is 10.6 Å². The molecule has 0 radical (unpaired) electrons. The number of halogens is 4. The minimum Gasteiger partial charge on any atom is -0.493 e. The summed E-state index contributed by atoms with van der Waals surface area (Å²) in [6.07, 6.45) is 0.871. The van der Waals surface area contributed by atoms with Crippen LogP contribution in [0, 0.1) is 5.82 Å². The van der Waals surface area contributed by atoms with Crippen molar-refractivity contribution in [3.63, 3.8) is 0 Å². The number of rotatable bonds is 2. The third-order valence-corrected chi connectivity index (χ3v) is 5.13. The number of ether oxygens (including phenoxy) is 1. The average Bonchev–Trinajstić information content (AvgIpc) is 2.88. The second-order valence-electron chi connectivity index (χ2n) is 4.62. The van der Waals surface area contributed by atoms with Crippen molar-refractivity contribution in [1.82, 2.24) is 0 Å². The highest BCUT2D eigenvalue weighted by Gasteiger charge is 2.23. The van der Waals surface area contributed by atoms with Crippen LogP contribution in [0.2, 0.25) is 5.02 Å². The molecule has 0 N–H and O–H groups in total. The molecule has 0 bridgehead atoms. The molecule has 0 amide bonds. The Kier molecular flexibility index (Phi) is 4.07. The molecule has 0 fully saturated rings. The number of benzene rings is 2. The Hall–Kier alpha value is -0.580. The van der Waals surface area contributed by atoms with Gasteiger partial charge in [-0.3, -0.25) is 0 Å². The maximum atomic E-state index is 13.3. The molecule has 20 heavy (non-hydrogen) atoms. The Morgan fingerprint density at radius 3 is 2.80 bits per heavy atom. The normalized spacial score (nSPS) is 14.8. The van der Waals surface area contributed by atoms with Gasteiger partial charge in [-0.2, -0.15) is 0 Å². The molecule has 2 aromatic rings. The van der Waals surface area contributed by atoms with E-state index < -0.39 is 0 Å². The van der Waals surface area contributed by atoms with Gasteiger partial charge < -0.3 is 4.74 Å². The molecule has 0 saturated heterocycles. The smallest absolute Gasteiger partial charge is 0.137 e. The Balaban J connectivity index is 2.06. The molecule has 1 atom stereocenters. The standard InChI is InChI=1S/C15H10Br2ClFO/c16-12-6-8(1-2-13(12)19)14(17)11-7-10(18)5-9-3-4-20-15(9)11/h1-2,5-7,14H,3-4H2. The third kappa shape index (κ3) is 2.61. The zero-order chi connectivity index (χ0) is 14.3. The molecule has 1 aliphatic rings. The summed E-state index contributed by atoms with van der Waals surface area (Å²) < 4.78 is 19.5. The van der Waals surface area contributed by atoms with Gasteiger partial charge in [0.15, 0.2) is 0 Å². The minimum absolute atomic E-state index is 0.0926. The van der Waals surface area contributed by atoms with Gasteiger partial charge in [-0.05, 0) is 51.3 Å². The van der Waals surface area contributed by atoms with E-state index in [1.54, 1.807) is 12.1 Å². The lowest BCUT2D eigenvalue weighted by Crippen LogP contribution is -1.98. The van der Waals surface area contributed by atoms with Gasteiger partial charge in [-0.1, -0.05) is 33.6 Å². The first-order valence-electron chi connectivity index (χ1n) is 6.10. The molecule has 2 aromatic carbocycles. The zero-order valence-electron chi connectivity index (χ0n) is 10.3. The van der Waals surface area contributed by atoms with Gasteiger partial charge in [0.05, 0.1) is 15.9 Å². The van der Waals surface area contributed by atoms with Gasteiger partial charge in [-0.25, -0.2) is 4.39 Å². The predicted molar refractivity (Wildman–Crippen MR) is 85.5 cm³/mol. The van der Waals surface area contributed by atoms with Gasteiger partial charge in [0, 0.05) is 17.0 Å². The van der Waals surface area contributed by atoms with Crippen molar-refractivity contribution in [2.24, 2.45) is 0 Å². The fourth-order valence-electron chi connectivity index (χ4n) is 2.34. The van der Waals surface area contributed by atoms with Gasteiger partial charge in [0.1, 0.15) is 11.6 Å². The summed E-state index contributed by atoms with van der Waals surface area (Å²) in [7, 11) is 0. The van der Waals surface area contributed by atoms with Crippen molar-refractivity contribution in [3.8, 4) is 5.75 Å². The summed E-state index contributed by atoms with van der Waals surface area (Å²) in [5, 5.41) is 0.690. The zero-order valence-corrected chi connectivity index (χ0v) is 14.2. The monoisotopic (exact) mass is 418 g/mol. The first kappa shape index (κ1) is 14.4. The third-order valence-electron chi connectivity index (χ3n) is 3.29. The van der Waals surface area contributed by atoms with Crippen LogP contribution in [-0.4, -0.2) is 6.61 Å². The van der Waals surface area contributed by atoms with Crippen molar-refractivity contribution in [1.29, 1.82) is 0 Å². The fraction of sp³-hybridized carbons (Fsp3) is 0.200. The van der Waals surface area contributed by atoms with Gasteiger partial charge >= 0.3 is 0 Å². The Labute approximate surface area is 138 Å². The van der Waals surface area contributed by atoms with E-state index in [1.165, 1.54) is 6.07 Å². The summed E-state index contributed by atoms with van der Waals surface area (Å²) >= 11 is 13.0. The topological polar surface area (TPSA) is 9.23 Å². The van der Waals surface area contributed by atoms with Crippen LogP contribution in [0.25, 0.3) is 0 Å². The van der Waals surface area contributed by atoms with Crippen LogP contribution in [0.3, 0.4) is 0 Å². The SMILES string of the molecule is Fc1ccc(C(Br)c2cc(Cl)cc3c2OCC3)cc1Br. The van der Waals surface area contributed by atoms with Crippen LogP contribution in [-0.2, 0) is 6.42 Å². The highest BCUT2D eigenvalue weighted by Crippen LogP contribution is 2.42. The van der Waals surface area contributed by atoms with E-state index in [1.807, 2.05) is 12.1 Å². The lowest BCUT2D eigenvalue weighted by molar-refractivity contribution is 0.354. The van der Waals surface area contributed by atoms with E-state index in [0.717, 1.165) is 28.9 Å². The maximum Gasteiger partial charge on any atom is 0.137 e. The molecule has 3 rings (SSSR count). The molecule has 1 heterocycles. The van der Waals surface area contributed by atoms with E-state index in [9.17, 15) is 4.39 Å². The van der Waals surface area contributed by atoms with Crippen LogP contribution >= 0.6 is 43.5 Å². The first-order chi connectivity index (χ1) is 9.56. The summed E-state index contributed by atoms with van der Waals surface area (Å²) in [4.78, 5) is -0.0926. The largest absolute Gasteiger partial charge is 0.493 e. The lowest BCUT2D eigenvalue weighted by Gasteiger charge is -2.15. The Morgan fingerprint density at radius 1 is 1.25 bits per heavy atom. The lowest BCUT2D eigenvalue weighted by atomic mass is 10.0. The van der Waals surface area contributed by atoms with E-state index in [4.69, 9.17) is 16.3 Å². The summed E-state index contributed by atoms with van der Waals surface area (Å²) in [5.74, 6) is 0.609. The molecule has 0 spiro atoms. The molecule has 104 valence electrons. The molecule has 0 aliphatic carbocycles. The fourth-order valence-corrected chi connectivity index (χ4v) is 3.61. The minimum atomic E-state index is -0.277. The Bertz CT molecular complexity index is 675. The van der Waals surface area contributed by atoms with Crippen molar-refractivity contribution in [2.75, 3.05) is 6.61 Å². The number of fused-ring (bicyclic) bond motifs is 1. The molecule has 1 unspecified atom stereocenters. The van der Waals surface area contributed by atoms with Crippen molar-refractivity contribution >= 4 is 43.5 Å². The second kappa shape index (κ2) is 5.66. The molecule has 1 aliphatic heterocycles. The summed E-state index contributed by atoms with van der Waals surface area (Å²) in [6, 6.07) is 8.79. The number of alkyl halides is 1. The van der Waals surface area contributed by atoms with E-state index >= 15 is 0 Å².